The molecule has 0 aliphatic heterocycles. The van der Waals surface area contributed by atoms with Gasteiger partial charge in [-0.3, -0.25) is 9.69 Å². The van der Waals surface area contributed by atoms with Crippen LogP contribution >= 0.6 is 22.9 Å². The fourth-order valence-corrected chi connectivity index (χ4v) is 5.81. The molecule has 0 unspecified atom stereocenters. The Hall–Kier alpha value is -3.48. The number of thiazole rings is 1. The fourth-order valence-electron chi connectivity index (χ4n) is 4.45. The minimum absolute atomic E-state index is 0.0456. The van der Waals surface area contributed by atoms with Gasteiger partial charge < -0.3 is 4.57 Å². The molecule has 3 aromatic carbocycles. The third kappa shape index (κ3) is 5.35. The molecule has 5 nitrogen and oxygen atoms in total. The van der Waals surface area contributed by atoms with Crippen molar-refractivity contribution in [1.29, 1.82) is 0 Å². The third-order valence-corrected chi connectivity index (χ3v) is 7.90. The SMILES string of the molecule is Cc1ccc(Cl)c2sc(N(CCCn3ccnc3)C(=O)CC(c3ccccc3)c3ccccc3)nc12. The maximum Gasteiger partial charge on any atom is 0.229 e. The van der Waals surface area contributed by atoms with Crippen LogP contribution < -0.4 is 4.90 Å². The number of benzene rings is 3. The van der Waals surface area contributed by atoms with Crippen molar-refractivity contribution in [2.24, 2.45) is 0 Å². The molecule has 182 valence electrons. The van der Waals surface area contributed by atoms with E-state index in [9.17, 15) is 4.79 Å². The standard InChI is InChI=1S/C29H27ClN4OS/c1-21-13-14-25(30)28-27(21)32-29(36-28)34(17-8-16-33-18-15-31-20-33)26(35)19-24(22-9-4-2-5-10-22)23-11-6-3-7-12-23/h2-7,9-15,18,20,24H,8,16-17,19H2,1H3. The van der Waals surface area contributed by atoms with Gasteiger partial charge in [0.1, 0.15) is 0 Å². The first-order chi connectivity index (χ1) is 17.6. The lowest BCUT2D eigenvalue weighted by Gasteiger charge is -2.24. The molecule has 0 saturated carbocycles. The molecule has 5 aromatic rings. The van der Waals surface area contributed by atoms with E-state index in [-0.39, 0.29) is 11.8 Å². The van der Waals surface area contributed by atoms with Crippen molar-refractivity contribution < 1.29 is 4.79 Å². The summed E-state index contributed by atoms with van der Waals surface area (Å²) in [5, 5.41) is 1.35. The quantitative estimate of drug-likeness (QED) is 0.211. The smallest absolute Gasteiger partial charge is 0.229 e. The lowest BCUT2D eigenvalue weighted by atomic mass is 9.88. The molecule has 0 aliphatic carbocycles. The summed E-state index contributed by atoms with van der Waals surface area (Å²) in [5.74, 6) is 0.00178. The molecule has 7 heteroatoms. The molecule has 0 aliphatic rings. The molecular formula is C29H27ClN4OS. The van der Waals surface area contributed by atoms with Gasteiger partial charge in [0.15, 0.2) is 5.13 Å². The molecule has 0 spiro atoms. The highest BCUT2D eigenvalue weighted by Crippen LogP contribution is 2.37. The maximum atomic E-state index is 14.0. The second-order valence-corrected chi connectivity index (χ2v) is 10.2. The molecule has 2 heterocycles. The highest BCUT2D eigenvalue weighted by molar-refractivity contribution is 7.23. The number of anilines is 1. The Bertz CT molecular complexity index is 1360. The minimum Gasteiger partial charge on any atom is -0.337 e. The number of hydrogen-bond acceptors (Lipinski definition) is 4. The minimum atomic E-state index is -0.0456. The van der Waals surface area contributed by atoms with E-state index in [0.29, 0.717) is 23.1 Å². The van der Waals surface area contributed by atoms with E-state index in [1.165, 1.54) is 11.3 Å². The van der Waals surface area contributed by atoms with Crippen molar-refractivity contribution in [3.8, 4) is 0 Å². The molecule has 36 heavy (non-hydrogen) atoms. The second kappa shape index (κ2) is 11.1. The Morgan fingerprint density at radius 1 is 1.03 bits per heavy atom. The van der Waals surface area contributed by atoms with Crippen LogP contribution in [0.1, 0.15) is 35.4 Å². The topological polar surface area (TPSA) is 51.0 Å². The van der Waals surface area contributed by atoms with Crippen molar-refractivity contribution in [3.63, 3.8) is 0 Å². The van der Waals surface area contributed by atoms with E-state index in [4.69, 9.17) is 16.6 Å². The zero-order valence-electron chi connectivity index (χ0n) is 20.0. The highest BCUT2D eigenvalue weighted by Gasteiger charge is 2.25. The number of amides is 1. The molecule has 0 radical (unpaired) electrons. The third-order valence-electron chi connectivity index (χ3n) is 6.36. The van der Waals surface area contributed by atoms with Crippen LogP contribution in [0.3, 0.4) is 0 Å². The van der Waals surface area contributed by atoms with E-state index < -0.39 is 0 Å². The summed E-state index contributed by atoms with van der Waals surface area (Å²) in [4.78, 5) is 24.8. The number of aryl methyl sites for hydroxylation is 2. The number of imidazole rings is 1. The largest absolute Gasteiger partial charge is 0.337 e. The number of hydrogen-bond donors (Lipinski definition) is 0. The van der Waals surface area contributed by atoms with Crippen LogP contribution in [0.15, 0.2) is 91.5 Å². The Labute approximate surface area is 220 Å². The van der Waals surface area contributed by atoms with Crippen LogP contribution in [0.25, 0.3) is 10.2 Å². The molecule has 2 aromatic heterocycles. The van der Waals surface area contributed by atoms with E-state index in [1.54, 1.807) is 12.5 Å². The molecule has 0 fully saturated rings. The summed E-state index contributed by atoms with van der Waals surface area (Å²) in [7, 11) is 0. The van der Waals surface area contributed by atoms with Crippen molar-refractivity contribution in [2.75, 3.05) is 11.4 Å². The number of nitrogens with zero attached hydrogens (tertiary/aromatic N) is 4. The van der Waals surface area contributed by atoms with Crippen LogP contribution in [0.4, 0.5) is 5.13 Å². The van der Waals surface area contributed by atoms with Gasteiger partial charge in [0.2, 0.25) is 5.91 Å². The summed E-state index contributed by atoms with van der Waals surface area (Å²) in [6.07, 6.45) is 6.64. The van der Waals surface area contributed by atoms with E-state index >= 15 is 0 Å². The molecule has 0 N–H and O–H groups in total. The molecule has 1 amide bonds. The first-order valence-corrected chi connectivity index (χ1v) is 13.2. The van der Waals surface area contributed by atoms with Crippen LogP contribution in [0, 0.1) is 6.92 Å². The molecule has 0 saturated heterocycles. The Kier molecular flexibility index (Phi) is 7.44. The van der Waals surface area contributed by atoms with Gasteiger partial charge in [-0.05, 0) is 36.1 Å². The number of carbonyl (C=O) groups excluding carboxylic acids is 1. The van der Waals surface area contributed by atoms with Crippen LogP contribution in [-0.2, 0) is 11.3 Å². The van der Waals surface area contributed by atoms with Crippen molar-refractivity contribution >= 4 is 44.2 Å². The Balaban J connectivity index is 1.47. The number of halogens is 1. The molecule has 5 rings (SSSR count). The van der Waals surface area contributed by atoms with Gasteiger partial charge in [-0.25, -0.2) is 9.97 Å². The molecule has 0 atom stereocenters. The van der Waals surface area contributed by atoms with Crippen LogP contribution in [0.2, 0.25) is 5.02 Å². The highest BCUT2D eigenvalue weighted by atomic mass is 35.5. The van der Waals surface area contributed by atoms with Crippen LogP contribution in [0.5, 0.6) is 0 Å². The lowest BCUT2D eigenvalue weighted by Crippen LogP contribution is -2.33. The second-order valence-electron chi connectivity index (χ2n) is 8.82. The van der Waals surface area contributed by atoms with Gasteiger partial charge in [-0.2, -0.15) is 0 Å². The summed E-state index contributed by atoms with van der Waals surface area (Å²) in [5.41, 5.74) is 4.16. The van der Waals surface area contributed by atoms with E-state index in [0.717, 1.165) is 39.9 Å². The summed E-state index contributed by atoms with van der Waals surface area (Å²) in [6.45, 7) is 3.35. The number of fused-ring (bicyclic) bond motifs is 1. The van der Waals surface area contributed by atoms with Gasteiger partial charge in [0.05, 0.1) is 21.6 Å². The number of aromatic nitrogens is 3. The molecular weight excluding hydrogens is 488 g/mol. The van der Waals surface area contributed by atoms with Crippen molar-refractivity contribution in [2.45, 2.75) is 32.2 Å². The summed E-state index contributed by atoms with van der Waals surface area (Å²) in [6, 6.07) is 24.3. The number of rotatable bonds is 9. The van der Waals surface area contributed by atoms with Gasteiger partial charge in [-0.15, -0.1) is 0 Å². The predicted octanol–water partition coefficient (Wildman–Crippen LogP) is 7.10. The van der Waals surface area contributed by atoms with E-state index in [1.807, 2.05) is 71.1 Å². The average Bonchev–Trinajstić information content (AvgIpc) is 3.59. The Morgan fingerprint density at radius 3 is 2.33 bits per heavy atom. The lowest BCUT2D eigenvalue weighted by molar-refractivity contribution is -0.118. The normalized spacial score (nSPS) is 11.3. The molecule has 0 bridgehead atoms. The van der Waals surface area contributed by atoms with Gasteiger partial charge in [0.25, 0.3) is 0 Å². The number of carbonyl (C=O) groups is 1. The first-order valence-electron chi connectivity index (χ1n) is 12.0. The van der Waals surface area contributed by atoms with Crippen molar-refractivity contribution in [3.05, 3.63) is 113 Å². The Morgan fingerprint density at radius 2 is 1.72 bits per heavy atom. The van der Waals surface area contributed by atoms with Gasteiger partial charge in [0, 0.05) is 37.8 Å². The fraction of sp³-hybridized carbons (Fsp3) is 0.207. The van der Waals surface area contributed by atoms with E-state index in [2.05, 4.69) is 29.2 Å². The summed E-state index contributed by atoms with van der Waals surface area (Å²) >= 11 is 7.98. The first kappa shape index (κ1) is 24.2. The average molecular weight is 515 g/mol. The van der Waals surface area contributed by atoms with Gasteiger partial charge >= 0.3 is 0 Å². The predicted molar refractivity (Wildman–Crippen MR) is 148 cm³/mol. The zero-order valence-corrected chi connectivity index (χ0v) is 21.6. The zero-order chi connectivity index (χ0) is 24.9. The monoisotopic (exact) mass is 514 g/mol. The van der Waals surface area contributed by atoms with Crippen LogP contribution in [-0.4, -0.2) is 27.0 Å². The van der Waals surface area contributed by atoms with Crippen molar-refractivity contribution in [1.82, 2.24) is 14.5 Å². The van der Waals surface area contributed by atoms with Gasteiger partial charge in [-0.1, -0.05) is 89.7 Å². The maximum absolute atomic E-state index is 14.0. The summed E-state index contributed by atoms with van der Waals surface area (Å²) < 4.78 is 2.94.